The van der Waals surface area contributed by atoms with Crippen LogP contribution in [0.4, 0.5) is 0 Å². The molecule has 0 aromatic heterocycles. The molecule has 0 aromatic rings. The Morgan fingerprint density at radius 2 is 2.07 bits per heavy atom. The van der Waals surface area contributed by atoms with Crippen LogP contribution < -0.4 is 5.32 Å². The van der Waals surface area contributed by atoms with Crippen LogP contribution in [0, 0.1) is 0 Å². The van der Waals surface area contributed by atoms with Gasteiger partial charge in [0.05, 0.1) is 0 Å². The highest BCUT2D eigenvalue weighted by Crippen LogP contribution is 2.29. The summed E-state index contributed by atoms with van der Waals surface area (Å²) in [5.74, 6) is 0. The molecule has 0 saturated carbocycles. The van der Waals surface area contributed by atoms with E-state index in [2.05, 4.69) is 24.1 Å². The number of hydrogen-bond donors (Lipinski definition) is 1. The van der Waals surface area contributed by atoms with Crippen LogP contribution in [-0.4, -0.2) is 49.3 Å². The molecule has 2 saturated heterocycles. The van der Waals surface area contributed by atoms with Crippen molar-refractivity contribution in [1.29, 1.82) is 0 Å². The summed E-state index contributed by atoms with van der Waals surface area (Å²) >= 11 is 0. The van der Waals surface area contributed by atoms with E-state index in [-0.39, 0.29) is 0 Å². The lowest BCUT2D eigenvalue weighted by molar-refractivity contribution is -0.0420. The molecule has 0 aromatic carbocycles. The van der Waals surface area contributed by atoms with E-state index in [1.807, 2.05) is 0 Å². The summed E-state index contributed by atoms with van der Waals surface area (Å²) in [7, 11) is 0. The first-order valence-corrected chi connectivity index (χ1v) is 5.78. The fraction of sp³-hybridized carbons (Fsp3) is 1.00. The molecule has 0 amide bonds. The van der Waals surface area contributed by atoms with Crippen LogP contribution in [0.15, 0.2) is 0 Å². The van der Waals surface area contributed by atoms with E-state index in [4.69, 9.17) is 4.74 Å². The molecular weight excluding hydrogens is 176 g/mol. The zero-order chi connectivity index (χ0) is 10.0. The Morgan fingerprint density at radius 3 is 2.71 bits per heavy atom. The highest BCUT2D eigenvalue weighted by atomic mass is 16.5. The first-order chi connectivity index (χ1) is 6.72. The number of nitrogens with one attached hydrogen (secondary N) is 1. The third kappa shape index (κ3) is 1.95. The smallest absolute Gasteiger partial charge is 0.0483 e. The maximum atomic E-state index is 5.45. The van der Waals surface area contributed by atoms with Crippen LogP contribution in [0.2, 0.25) is 0 Å². The van der Waals surface area contributed by atoms with E-state index in [0.717, 1.165) is 26.3 Å². The zero-order valence-electron chi connectivity index (χ0n) is 9.38. The standard InChI is InChI=1S/C11H22N2O/c1-10-9-12-5-6-13(10)11(2)3-7-14-8-4-11/h10,12H,3-9H2,1-2H3. The van der Waals surface area contributed by atoms with Crippen molar-refractivity contribution in [1.82, 2.24) is 10.2 Å². The summed E-state index contributed by atoms with van der Waals surface area (Å²) in [6, 6.07) is 0.673. The lowest BCUT2D eigenvalue weighted by Crippen LogP contribution is -2.60. The minimum Gasteiger partial charge on any atom is -0.381 e. The van der Waals surface area contributed by atoms with E-state index in [1.165, 1.54) is 19.4 Å². The molecule has 0 aliphatic carbocycles. The molecule has 0 bridgehead atoms. The van der Waals surface area contributed by atoms with Crippen molar-refractivity contribution in [3.63, 3.8) is 0 Å². The molecule has 2 aliphatic rings. The molecule has 3 heteroatoms. The molecule has 1 unspecified atom stereocenters. The van der Waals surface area contributed by atoms with Gasteiger partial charge >= 0.3 is 0 Å². The summed E-state index contributed by atoms with van der Waals surface area (Å²) in [5.41, 5.74) is 0.389. The van der Waals surface area contributed by atoms with Gasteiger partial charge < -0.3 is 10.1 Å². The minimum atomic E-state index is 0.389. The van der Waals surface area contributed by atoms with Crippen molar-refractivity contribution in [2.24, 2.45) is 0 Å². The molecule has 2 fully saturated rings. The summed E-state index contributed by atoms with van der Waals surface area (Å²) in [4.78, 5) is 2.67. The first kappa shape index (κ1) is 10.4. The molecule has 2 rings (SSSR count). The van der Waals surface area contributed by atoms with E-state index < -0.39 is 0 Å². The Bertz CT molecular complexity index is 190. The van der Waals surface area contributed by atoms with Gasteiger partial charge in [-0.15, -0.1) is 0 Å². The number of hydrogen-bond acceptors (Lipinski definition) is 3. The SMILES string of the molecule is CC1CNCCN1C1(C)CCOCC1. The summed E-state index contributed by atoms with van der Waals surface area (Å²) in [6.07, 6.45) is 2.38. The van der Waals surface area contributed by atoms with Crippen molar-refractivity contribution in [2.45, 2.75) is 38.3 Å². The van der Waals surface area contributed by atoms with Crippen LogP contribution in [0.5, 0.6) is 0 Å². The second-order valence-electron chi connectivity index (χ2n) is 4.86. The van der Waals surface area contributed by atoms with Gasteiger partial charge in [0.1, 0.15) is 0 Å². The third-order valence-electron chi connectivity index (χ3n) is 3.76. The molecule has 1 atom stereocenters. The van der Waals surface area contributed by atoms with Crippen LogP contribution in [0.1, 0.15) is 26.7 Å². The number of rotatable bonds is 1. The highest BCUT2D eigenvalue weighted by Gasteiger charge is 2.37. The fourth-order valence-corrected chi connectivity index (χ4v) is 2.74. The quantitative estimate of drug-likeness (QED) is 0.676. The summed E-state index contributed by atoms with van der Waals surface area (Å²) in [6.45, 7) is 10.1. The molecule has 0 spiro atoms. The van der Waals surface area contributed by atoms with Gasteiger partial charge in [-0.2, -0.15) is 0 Å². The normalized spacial score (nSPS) is 34.3. The van der Waals surface area contributed by atoms with Crippen LogP contribution in [0.3, 0.4) is 0 Å². The Labute approximate surface area is 86.8 Å². The Kier molecular flexibility index (Phi) is 3.10. The second kappa shape index (κ2) is 4.17. The minimum absolute atomic E-state index is 0.389. The first-order valence-electron chi connectivity index (χ1n) is 5.78. The van der Waals surface area contributed by atoms with Crippen molar-refractivity contribution < 1.29 is 4.74 Å². The maximum absolute atomic E-state index is 5.45. The topological polar surface area (TPSA) is 24.5 Å². The Balaban J connectivity index is 2.02. The Hall–Kier alpha value is -0.120. The molecule has 2 heterocycles. The average molecular weight is 198 g/mol. The van der Waals surface area contributed by atoms with Crippen molar-refractivity contribution in [3.8, 4) is 0 Å². The van der Waals surface area contributed by atoms with Crippen LogP contribution in [-0.2, 0) is 4.74 Å². The highest BCUT2D eigenvalue weighted by molar-refractivity contribution is 4.93. The van der Waals surface area contributed by atoms with Gasteiger partial charge in [-0.05, 0) is 26.7 Å². The molecule has 0 radical (unpaired) electrons. The molecule has 1 N–H and O–H groups in total. The second-order valence-corrected chi connectivity index (χ2v) is 4.86. The van der Waals surface area contributed by atoms with Gasteiger partial charge in [0.25, 0.3) is 0 Å². The zero-order valence-corrected chi connectivity index (χ0v) is 9.38. The largest absolute Gasteiger partial charge is 0.381 e. The number of piperazine rings is 1. The average Bonchev–Trinajstić information content (AvgIpc) is 2.19. The lowest BCUT2D eigenvalue weighted by Gasteiger charge is -2.49. The van der Waals surface area contributed by atoms with Crippen molar-refractivity contribution in [3.05, 3.63) is 0 Å². The third-order valence-corrected chi connectivity index (χ3v) is 3.76. The monoisotopic (exact) mass is 198 g/mol. The molecule has 2 aliphatic heterocycles. The van der Waals surface area contributed by atoms with Crippen molar-refractivity contribution >= 4 is 0 Å². The number of nitrogens with zero attached hydrogens (tertiary/aromatic N) is 1. The van der Waals surface area contributed by atoms with Gasteiger partial charge in [-0.3, -0.25) is 4.90 Å². The van der Waals surface area contributed by atoms with Gasteiger partial charge in [0.15, 0.2) is 0 Å². The van der Waals surface area contributed by atoms with Gasteiger partial charge in [0.2, 0.25) is 0 Å². The van der Waals surface area contributed by atoms with Crippen molar-refractivity contribution in [2.75, 3.05) is 32.8 Å². The maximum Gasteiger partial charge on any atom is 0.0483 e. The van der Waals surface area contributed by atoms with Gasteiger partial charge in [-0.25, -0.2) is 0 Å². The predicted octanol–water partition coefficient (Wildman–Crippen LogP) is 0.849. The van der Waals surface area contributed by atoms with E-state index in [1.54, 1.807) is 0 Å². The predicted molar refractivity (Wildman–Crippen MR) is 57.5 cm³/mol. The van der Waals surface area contributed by atoms with Crippen LogP contribution >= 0.6 is 0 Å². The summed E-state index contributed by atoms with van der Waals surface area (Å²) in [5, 5.41) is 3.45. The van der Waals surface area contributed by atoms with Crippen LogP contribution in [0.25, 0.3) is 0 Å². The van der Waals surface area contributed by atoms with Gasteiger partial charge in [-0.1, -0.05) is 0 Å². The van der Waals surface area contributed by atoms with E-state index in [0.29, 0.717) is 11.6 Å². The van der Waals surface area contributed by atoms with E-state index >= 15 is 0 Å². The Morgan fingerprint density at radius 1 is 1.36 bits per heavy atom. The summed E-state index contributed by atoms with van der Waals surface area (Å²) < 4.78 is 5.45. The molecular formula is C11H22N2O. The molecule has 82 valence electrons. The fourth-order valence-electron chi connectivity index (χ4n) is 2.74. The van der Waals surface area contributed by atoms with E-state index in [9.17, 15) is 0 Å². The number of ether oxygens (including phenoxy) is 1. The van der Waals surface area contributed by atoms with Gasteiger partial charge in [0, 0.05) is 44.4 Å². The molecule has 14 heavy (non-hydrogen) atoms. The molecule has 3 nitrogen and oxygen atoms in total. The lowest BCUT2D eigenvalue weighted by atomic mass is 9.88.